The molecule has 0 bridgehead atoms. The topological polar surface area (TPSA) is 12.0 Å². The fourth-order valence-electron chi connectivity index (χ4n) is 0.428. The van der Waals surface area contributed by atoms with Crippen LogP contribution in [0.25, 0.3) is 0 Å². The number of hydrogen-bond donors (Lipinski definition) is 1. The van der Waals surface area contributed by atoms with Crippen molar-refractivity contribution in [2.75, 3.05) is 13.1 Å². The van der Waals surface area contributed by atoms with Crippen molar-refractivity contribution in [1.29, 1.82) is 0 Å². The van der Waals surface area contributed by atoms with E-state index in [1.807, 2.05) is 6.08 Å². The maximum atomic E-state index is 5.47. The van der Waals surface area contributed by atoms with E-state index in [2.05, 4.69) is 18.5 Å². The highest BCUT2D eigenvalue weighted by atomic mass is 35.5. The van der Waals surface area contributed by atoms with Gasteiger partial charge in [0.15, 0.2) is 0 Å². The average molecular weight is 146 g/mol. The zero-order valence-electron chi connectivity index (χ0n) is 5.49. The van der Waals surface area contributed by atoms with Crippen molar-refractivity contribution in [3.05, 3.63) is 24.3 Å². The molecule has 0 aliphatic carbocycles. The van der Waals surface area contributed by atoms with E-state index in [9.17, 15) is 0 Å². The molecule has 0 radical (unpaired) electrons. The van der Waals surface area contributed by atoms with Crippen molar-refractivity contribution in [2.45, 2.75) is 6.42 Å². The Hall–Kier alpha value is -0.270. The van der Waals surface area contributed by atoms with E-state index < -0.39 is 0 Å². The number of hydrogen-bond acceptors (Lipinski definition) is 1. The van der Waals surface area contributed by atoms with Gasteiger partial charge in [-0.2, -0.15) is 0 Å². The van der Waals surface area contributed by atoms with E-state index in [1.54, 1.807) is 0 Å². The fraction of sp³-hybridized carbons (Fsp3) is 0.429. The summed E-state index contributed by atoms with van der Waals surface area (Å²) in [6, 6.07) is 0. The predicted octanol–water partition coefficient (Wildman–Crippen LogP) is 1.90. The standard InChI is InChI=1S/C7H12ClN/c1-3-4-5-9-6-7(2)8/h3,9H,1-2,4-6H2. The molecule has 0 aliphatic rings. The Morgan fingerprint density at radius 1 is 1.67 bits per heavy atom. The molecular formula is C7H12ClN. The van der Waals surface area contributed by atoms with Gasteiger partial charge in [0.25, 0.3) is 0 Å². The zero-order chi connectivity index (χ0) is 7.11. The molecule has 1 N–H and O–H groups in total. The van der Waals surface area contributed by atoms with Crippen LogP contribution in [0.2, 0.25) is 0 Å². The van der Waals surface area contributed by atoms with Gasteiger partial charge >= 0.3 is 0 Å². The van der Waals surface area contributed by atoms with Crippen LogP contribution in [-0.4, -0.2) is 13.1 Å². The van der Waals surface area contributed by atoms with Gasteiger partial charge in [-0.15, -0.1) is 6.58 Å². The van der Waals surface area contributed by atoms with Crippen molar-refractivity contribution in [1.82, 2.24) is 5.32 Å². The summed E-state index contributed by atoms with van der Waals surface area (Å²) in [5.41, 5.74) is 0. The van der Waals surface area contributed by atoms with E-state index >= 15 is 0 Å². The third-order valence-corrected chi connectivity index (χ3v) is 0.976. The summed E-state index contributed by atoms with van der Waals surface area (Å²) in [5.74, 6) is 0. The van der Waals surface area contributed by atoms with Crippen molar-refractivity contribution in [3.63, 3.8) is 0 Å². The van der Waals surface area contributed by atoms with Crippen LogP contribution in [0.1, 0.15) is 6.42 Å². The van der Waals surface area contributed by atoms with Crippen LogP contribution in [0, 0.1) is 0 Å². The van der Waals surface area contributed by atoms with Crippen molar-refractivity contribution in [2.24, 2.45) is 0 Å². The lowest BCUT2D eigenvalue weighted by molar-refractivity contribution is 0.753. The Balaban J connectivity index is 2.91. The summed E-state index contributed by atoms with van der Waals surface area (Å²) in [5, 5.41) is 3.73. The largest absolute Gasteiger partial charge is 0.311 e. The Kier molecular flexibility index (Phi) is 5.68. The Labute approximate surface area is 61.4 Å². The molecule has 0 aromatic carbocycles. The normalized spacial score (nSPS) is 9.00. The molecule has 0 spiro atoms. The van der Waals surface area contributed by atoms with Crippen LogP contribution in [0.3, 0.4) is 0 Å². The second-order valence-electron chi connectivity index (χ2n) is 1.77. The first-order chi connectivity index (χ1) is 4.27. The van der Waals surface area contributed by atoms with E-state index in [-0.39, 0.29) is 0 Å². The van der Waals surface area contributed by atoms with Crippen molar-refractivity contribution >= 4 is 11.6 Å². The van der Waals surface area contributed by atoms with Gasteiger partial charge in [-0.05, 0) is 13.0 Å². The summed E-state index contributed by atoms with van der Waals surface area (Å²) in [6.07, 6.45) is 2.84. The third-order valence-electron chi connectivity index (χ3n) is 0.842. The number of nitrogens with one attached hydrogen (secondary N) is 1. The first-order valence-electron chi connectivity index (χ1n) is 2.92. The minimum atomic E-state index is 0.652. The molecule has 0 aromatic heterocycles. The van der Waals surface area contributed by atoms with Crippen LogP contribution in [0.4, 0.5) is 0 Å². The summed E-state index contributed by atoms with van der Waals surface area (Å²) in [4.78, 5) is 0. The molecule has 2 heteroatoms. The highest BCUT2D eigenvalue weighted by molar-refractivity contribution is 6.29. The fourth-order valence-corrected chi connectivity index (χ4v) is 0.523. The van der Waals surface area contributed by atoms with E-state index in [0.717, 1.165) is 13.0 Å². The predicted molar refractivity (Wildman–Crippen MR) is 42.7 cm³/mol. The van der Waals surface area contributed by atoms with E-state index in [4.69, 9.17) is 11.6 Å². The molecule has 0 amide bonds. The van der Waals surface area contributed by atoms with Gasteiger partial charge in [-0.3, -0.25) is 0 Å². The summed E-state index contributed by atoms with van der Waals surface area (Å²) in [7, 11) is 0. The Morgan fingerprint density at radius 2 is 2.33 bits per heavy atom. The van der Waals surface area contributed by atoms with Gasteiger partial charge in [0.1, 0.15) is 0 Å². The highest BCUT2D eigenvalue weighted by Gasteiger charge is 1.84. The molecule has 0 rings (SSSR count). The minimum absolute atomic E-state index is 0.652. The summed E-state index contributed by atoms with van der Waals surface area (Å²) >= 11 is 5.47. The van der Waals surface area contributed by atoms with Crippen LogP contribution in [0.5, 0.6) is 0 Å². The molecule has 52 valence electrons. The van der Waals surface area contributed by atoms with E-state index in [0.29, 0.717) is 11.6 Å². The molecular weight excluding hydrogens is 134 g/mol. The average Bonchev–Trinajstić information content (AvgIpc) is 1.80. The molecule has 0 saturated carbocycles. The smallest absolute Gasteiger partial charge is 0.0307 e. The quantitative estimate of drug-likeness (QED) is 0.460. The number of rotatable bonds is 5. The summed E-state index contributed by atoms with van der Waals surface area (Å²) < 4.78 is 0. The third kappa shape index (κ3) is 7.73. The lowest BCUT2D eigenvalue weighted by Gasteiger charge is -1.98. The van der Waals surface area contributed by atoms with Gasteiger partial charge in [0.2, 0.25) is 0 Å². The van der Waals surface area contributed by atoms with Crippen LogP contribution in [-0.2, 0) is 0 Å². The van der Waals surface area contributed by atoms with Gasteiger partial charge in [-0.1, -0.05) is 24.3 Å². The molecule has 1 nitrogen and oxygen atoms in total. The summed E-state index contributed by atoms with van der Waals surface area (Å²) in [6.45, 7) is 8.73. The molecule has 0 aliphatic heterocycles. The molecule has 0 aromatic rings. The van der Waals surface area contributed by atoms with Gasteiger partial charge in [-0.25, -0.2) is 0 Å². The van der Waals surface area contributed by atoms with Crippen LogP contribution in [0.15, 0.2) is 24.3 Å². The van der Waals surface area contributed by atoms with Crippen molar-refractivity contribution < 1.29 is 0 Å². The first-order valence-corrected chi connectivity index (χ1v) is 3.30. The lowest BCUT2D eigenvalue weighted by atomic mass is 10.4. The van der Waals surface area contributed by atoms with E-state index in [1.165, 1.54) is 0 Å². The molecule has 0 fully saturated rings. The second kappa shape index (κ2) is 5.86. The van der Waals surface area contributed by atoms with Crippen LogP contribution < -0.4 is 5.32 Å². The first kappa shape index (κ1) is 8.73. The Morgan fingerprint density at radius 3 is 2.78 bits per heavy atom. The molecule has 0 saturated heterocycles. The SMILES string of the molecule is C=CCCNCC(=C)Cl. The molecule has 0 unspecified atom stereocenters. The Bertz CT molecular complexity index is 99.1. The van der Waals surface area contributed by atoms with Gasteiger partial charge < -0.3 is 5.32 Å². The maximum absolute atomic E-state index is 5.47. The number of halogens is 1. The van der Waals surface area contributed by atoms with Crippen molar-refractivity contribution in [3.8, 4) is 0 Å². The monoisotopic (exact) mass is 145 g/mol. The van der Waals surface area contributed by atoms with Gasteiger partial charge in [0.05, 0.1) is 0 Å². The van der Waals surface area contributed by atoms with Gasteiger partial charge in [0, 0.05) is 11.6 Å². The maximum Gasteiger partial charge on any atom is 0.0307 e. The lowest BCUT2D eigenvalue weighted by Crippen LogP contribution is -2.15. The zero-order valence-corrected chi connectivity index (χ0v) is 6.25. The second-order valence-corrected chi connectivity index (χ2v) is 2.31. The molecule has 0 heterocycles. The minimum Gasteiger partial charge on any atom is -0.311 e. The molecule has 0 atom stereocenters. The van der Waals surface area contributed by atoms with Crippen LogP contribution >= 0.6 is 11.6 Å². The highest BCUT2D eigenvalue weighted by Crippen LogP contribution is 1.91. The molecule has 9 heavy (non-hydrogen) atoms.